The Balaban J connectivity index is 1.67. The Morgan fingerprint density at radius 3 is 2.39 bits per heavy atom. The number of nitrogens with one attached hydrogen (secondary N) is 2. The molecule has 0 aliphatic carbocycles. The molecule has 0 aromatic heterocycles. The number of rotatable bonds is 5. The standard InChI is InChI=1S/C23H31N3O2/c1-5-19-10-12-20(13-11-19)18(4)24-23(27)25-21-8-6-7-9-22(21)26-14-16(2)28-17(3)15-26/h6-13,16-18H,5,14-15H2,1-4H3,(H2,24,25,27). The Morgan fingerprint density at radius 2 is 1.75 bits per heavy atom. The van der Waals surface area contributed by atoms with E-state index in [9.17, 15) is 4.79 Å². The Morgan fingerprint density at radius 1 is 1.11 bits per heavy atom. The lowest BCUT2D eigenvalue weighted by atomic mass is 10.1. The van der Waals surface area contributed by atoms with Gasteiger partial charge in [0.15, 0.2) is 0 Å². The minimum Gasteiger partial charge on any atom is -0.372 e. The van der Waals surface area contributed by atoms with Crippen LogP contribution in [0.3, 0.4) is 0 Å². The van der Waals surface area contributed by atoms with Gasteiger partial charge >= 0.3 is 6.03 Å². The molecule has 0 bridgehead atoms. The molecule has 1 saturated heterocycles. The quantitative estimate of drug-likeness (QED) is 0.786. The third kappa shape index (κ3) is 5.04. The minimum atomic E-state index is -0.200. The van der Waals surface area contributed by atoms with Crippen molar-refractivity contribution in [2.75, 3.05) is 23.3 Å². The molecule has 3 rings (SSSR count). The summed E-state index contributed by atoms with van der Waals surface area (Å²) in [6, 6.07) is 16.1. The molecule has 0 spiro atoms. The lowest BCUT2D eigenvalue weighted by molar-refractivity contribution is -0.00517. The summed E-state index contributed by atoms with van der Waals surface area (Å²) < 4.78 is 5.84. The summed E-state index contributed by atoms with van der Waals surface area (Å²) in [4.78, 5) is 14.9. The Hall–Kier alpha value is -2.53. The van der Waals surface area contributed by atoms with Gasteiger partial charge in [-0.2, -0.15) is 0 Å². The number of anilines is 2. The molecule has 2 amide bonds. The second-order valence-electron chi connectivity index (χ2n) is 7.59. The number of nitrogens with zero attached hydrogens (tertiary/aromatic N) is 1. The lowest BCUT2D eigenvalue weighted by Gasteiger charge is -2.37. The summed E-state index contributed by atoms with van der Waals surface area (Å²) >= 11 is 0. The van der Waals surface area contributed by atoms with Gasteiger partial charge in [0.1, 0.15) is 0 Å². The number of carbonyl (C=O) groups is 1. The number of carbonyl (C=O) groups excluding carboxylic acids is 1. The first-order chi connectivity index (χ1) is 13.5. The number of amides is 2. The van der Waals surface area contributed by atoms with Gasteiger partial charge in [-0.05, 0) is 50.5 Å². The van der Waals surface area contributed by atoms with Crippen LogP contribution in [-0.4, -0.2) is 31.3 Å². The van der Waals surface area contributed by atoms with Gasteiger partial charge < -0.3 is 20.3 Å². The molecule has 1 aliphatic heterocycles. The summed E-state index contributed by atoms with van der Waals surface area (Å²) in [6.45, 7) is 9.92. The summed E-state index contributed by atoms with van der Waals surface area (Å²) in [7, 11) is 0. The summed E-state index contributed by atoms with van der Waals surface area (Å²) in [5.41, 5.74) is 4.23. The number of benzene rings is 2. The van der Waals surface area contributed by atoms with Crippen LogP contribution < -0.4 is 15.5 Å². The Kier molecular flexibility index (Phi) is 6.57. The molecular formula is C23H31N3O2. The van der Waals surface area contributed by atoms with Crippen LogP contribution in [0.5, 0.6) is 0 Å². The van der Waals surface area contributed by atoms with Crippen LogP contribution in [-0.2, 0) is 11.2 Å². The second-order valence-corrected chi connectivity index (χ2v) is 7.59. The Bertz CT molecular complexity index is 781. The first kappa shape index (κ1) is 20.2. The number of morpholine rings is 1. The van der Waals surface area contributed by atoms with E-state index < -0.39 is 0 Å². The normalized spacial score (nSPS) is 20.5. The molecular weight excluding hydrogens is 350 g/mol. The van der Waals surface area contributed by atoms with E-state index in [2.05, 4.69) is 60.6 Å². The van der Waals surface area contributed by atoms with Crippen LogP contribution in [0.25, 0.3) is 0 Å². The number of ether oxygens (including phenoxy) is 1. The van der Waals surface area contributed by atoms with Crippen molar-refractivity contribution in [3.63, 3.8) is 0 Å². The molecule has 150 valence electrons. The van der Waals surface area contributed by atoms with Gasteiger partial charge in [0.25, 0.3) is 0 Å². The van der Waals surface area contributed by atoms with Crippen molar-refractivity contribution in [3.8, 4) is 0 Å². The van der Waals surface area contributed by atoms with Crippen LogP contribution >= 0.6 is 0 Å². The highest BCUT2D eigenvalue weighted by Crippen LogP contribution is 2.28. The minimum absolute atomic E-state index is 0.0681. The molecule has 3 atom stereocenters. The zero-order valence-corrected chi connectivity index (χ0v) is 17.2. The first-order valence-electron chi connectivity index (χ1n) is 10.1. The maximum atomic E-state index is 12.6. The van der Waals surface area contributed by atoms with Crippen LogP contribution in [0, 0.1) is 0 Å². The Labute approximate surface area is 168 Å². The molecule has 1 fully saturated rings. The predicted octanol–water partition coefficient (Wildman–Crippen LogP) is 4.75. The SMILES string of the molecule is CCc1ccc(C(C)NC(=O)Nc2ccccc2N2CC(C)OC(C)C2)cc1. The van der Waals surface area contributed by atoms with Crippen LogP contribution in [0.1, 0.15) is 44.9 Å². The van der Waals surface area contributed by atoms with E-state index in [0.717, 1.165) is 36.4 Å². The van der Waals surface area contributed by atoms with Crippen LogP contribution in [0.4, 0.5) is 16.2 Å². The van der Waals surface area contributed by atoms with E-state index in [0.29, 0.717) is 0 Å². The van der Waals surface area contributed by atoms with Gasteiger partial charge in [-0.1, -0.05) is 43.3 Å². The van der Waals surface area contributed by atoms with Crippen molar-refractivity contribution in [1.82, 2.24) is 5.32 Å². The van der Waals surface area contributed by atoms with Crippen molar-refractivity contribution >= 4 is 17.4 Å². The van der Waals surface area contributed by atoms with Crippen molar-refractivity contribution in [2.24, 2.45) is 0 Å². The molecule has 2 N–H and O–H groups in total. The van der Waals surface area contributed by atoms with Gasteiger partial charge in [0.2, 0.25) is 0 Å². The van der Waals surface area contributed by atoms with Crippen molar-refractivity contribution in [2.45, 2.75) is 52.4 Å². The monoisotopic (exact) mass is 381 g/mol. The van der Waals surface area contributed by atoms with Crippen molar-refractivity contribution < 1.29 is 9.53 Å². The smallest absolute Gasteiger partial charge is 0.319 e. The summed E-state index contributed by atoms with van der Waals surface area (Å²) in [5.74, 6) is 0. The highest BCUT2D eigenvalue weighted by atomic mass is 16.5. The maximum absolute atomic E-state index is 12.6. The predicted molar refractivity (Wildman–Crippen MR) is 115 cm³/mol. The molecule has 28 heavy (non-hydrogen) atoms. The third-order valence-corrected chi connectivity index (χ3v) is 5.15. The fraction of sp³-hybridized carbons (Fsp3) is 0.435. The molecule has 1 aliphatic rings. The van der Waals surface area contributed by atoms with Gasteiger partial charge in [-0.15, -0.1) is 0 Å². The van der Waals surface area contributed by atoms with E-state index in [1.807, 2.05) is 31.2 Å². The average molecular weight is 382 g/mol. The van der Waals surface area contributed by atoms with Gasteiger partial charge in [-0.25, -0.2) is 4.79 Å². The fourth-order valence-electron chi connectivity index (χ4n) is 3.71. The van der Waals surface area contributed by atoms with Gasteiger partial charge in [0.05, 0.1) is 29.6 Å². The lowest BCUT2D eigenvalue weighted by Crippen LogP contribution is -2.45. The summed E-state index contributed by atoms with van der Waals surface area (Å²) in [6.07, 6.45) is 1.34. The second kappa shape index (κ2) is 9.11. The molecule has 2 aromatic rings. The molecule has 3 unspecified atom stereocenters. The molecule has 5 nitrogen and oxygen atoms in total. The van der Waals surface area contributed by atoms with Crippen molar-refractivity contribution in [1.29, 1.82) is 0 Å². The highest BCUT2D eigenvalue weighted by molar-refractivity contribution is 5.93. The topological polar surface area (TPSA) is 53.6 Å². The number of urea groups is 1. The van der Waals surface area contributed by atoms with E-state index in [4.69, 9.17) is 4.74 Å². The van der Waals surface area contributed by atoms with Gasteiger partial charge in [-0.3, -0.25) is 0 Å². The largest absolute Gasteiger partial charge is 0.372 e. The van der Waals surface area contributed by atoms with E-state index in [-0.39, 0.29) is 24.3 Å². The van der Waals surface area contributed by atoms with E-state index in [1.54, 1.807) is 0 Å². The average Bonchev–Trinajstić information content (AvgIpc) is 2.67. The van der Waals surface area contributed by atoms with Gasteiger partial charge in [0, 0.05) is 13.1 Å². The number of para-hydroxylation sites is 2. The number of aryl methyl sites for hydroxylation is 1. The zero-order chi connectivity index (χ0) is 20.1. The van der Waals surface area contributed by atoms with Crippen molar-refractivity contribution in [3.05, 3.63) is 59.7 Å². The zero-order valence-electron chi connectivity index (χ0n) is 17.2. The van der Waals surface area contributed by atoms with Crippen LogP contribution in [0.2, 0.25) is 0 Å². The molecule has 5 heteroatoms. The number of hydrogen-bond donors (Lipinski definition) is 2. The molecule has 2 aromatic carbocycles. The molecule has 1 heterocycles. The number of hydrogen-bond acceptors (Lipinski definition) is 3. The van der Waals surface area contributed by atoms with E-state index >= 15 is 0 Å². The molecule has 0 saturated carbocycles. The summed E-state index contributed by atoms with van der Waals surface area (Å²) in [5, 5.41) is 6.06. The molecule has 0 radical (unpaired) electrons. The fourth-order valence-corrected chi connectivity index (χ4v) is 3.71. The third-order valence-electron chi connectivity index (χ3n) is 5.15. The first-order valence-corrected chi connectivity index (χ1v) is 10.1. The van der Waals surface area contributed by atoms with E-state index in [1.165, 1.54) is 5.56 Å². The maximum Gasteiger partial charge on any atom is 0.319 e. The van der Waals surface area contributed by atoms with Crippen LogP contribution in [0.15, 0.2) is 48.5 Å². The highest BCUT2D eigenvalue weighted by Gasteiger charge is 2.24.